The van der Waals surface area contributed by atoms with Crippen molar-refractivity contribution in [3.63, 3.8) is 0 Å². The largest absolute Gasteiger partial charge is 0.294 e. The van der Waals surface area contributed by atoms with E-state index in [1.54, 1.807) is 0 Å². The van der Waals surface area contributed by atoms with Crippen LogP contribution in [0.5, 0.6) is 0 Å². The monoisotopic (exact) mass is 611 g/mol. The molecular weight excluding hydrogens is 583 g/mol. The molecule has 48 heavy (non-hydrogen) atoms. The molecule has 0 saturated heterocycles. The highest BCUT2D eigenvalue weighted by Gasteiger charge is 2.47. The Bertz CT molecular complexity index is 2450. The first kappa shape index (κ1) is 26.9. The number of pyridine rings is 2. The van der Waals surface area contributed by atoms with Crippen LogP contribution in [0.15, 0.2) is 176 Å². The van der Waals surface area contributed by atoms with Crippen molar-refractivity contribution in [2.24, 2.45) is 0 Å². The standard InChI is InChI=1S/C45H29N3/c1-3-14-30(15-4-1)45(31-16-5-2-6-17-31)38-21-8-7-18-32(38)36-28-37-35-20-13-19-34-33(40-22-9-11-26-46-40)24-25-41(44(34)35)48(42(37)29-39(36)45)43-23-10-12-27-47-43/h1-29H. The van der Waals surface area contributed by atoms with Crippen molar-refractivity contribution in [1.29, 1.82) is 0 Å². The van der Waals surface area contributed by atoms with Crippen molar-refractivity contribution in [2.45, 2.75) is 5.41 Å². The third-order valence-electron chi connectivity index (χ3n) is 10.2. The van der Waals surface area contributed by atoms with E-state index < -0.39 is 5.41 Å². The highest BCUT2D eigenvalue weighted by Crippen LogP contribution is 2.60. The van der Waals surface area contributed by atoms with Gasteiger partial charge in [0.2, 0.25) is 0 Å². The molecule has 8 aromatic rings. The molecule has 0 atom stereocenters. The Morgan fingerprint density at radius 2 is 1.10 bits per heavy atom. The smallest absolute Gasteiger partial charge is 0.137 e. The van der Waals surface area contributed by atoms with Gasteiger partial charge in [0.05, 0.1) is 22.5 Å². The van der Waals surface area contributed by atoms with E-state index in [0.29, 0.717) is 0 Å². The summed E-state index contributed by atoms with van der Waals surface area (Å²) in [5.74, 6) is 0.889. The number of fused-ring (bicyclic) bond motifs is 5. The van der Waals surface area contributed by atoms with Crippen LogP contribution in [0.3, 0.4) is 0 Å². The number of hydrogen-bond donors (Lipinski definition) is 0. The molecule has 0 fully saturated rings. The Labute approximate surface area is 279 Å². The number of aromatic nitrogens is 2. The molecular formula is C45H29N3. The van der Waals surface area contributed by atoms with E-state index in [-0.39, 0.29) is 0 Å². The molecule has 0 bridgehead atoms. The third kappa shape index (κ3) is 3.64. The van der Waals surface area contributed by atoms with Crippen molar-refractivity contribution in [2.75, 3.05) is 4.90 Å². The fourth-order valence-corrected chi connectivity index (χ4v) is 8.28. The molecule has 10 rings (SSSR count). The van der Waals surface area contributed by atoms with E-state index in [9.17, 15) is 0 Å². The highest BCUT2D eigenvalue weighted by molar-refractivity contribution is 6.17. The molecule has 224 valence electrons. The van der Waals surface area contributed by atoms with E-state index in [1.165, 1.54) is 55.3 Å². The van der Waals surface area contributed by atoms with Gasteiger partial charge in [0, 0.05) is 28.9 Å². The minimum Gasteiger partial charge on any atom is -0.294 e. The molecule has 0 unspecified atom stereocenters. The molecule has 0 amide bonds. The maximum atomic E-state index is 4.94. The summed E-state index contributed by atoms with van der Waals surface area (Å²) in [7, 11) is 0. The predicted molar refractivity (Wildman–Crippen MR) is 196 cm³/mol. The van der Waals surface area contributed by atoms with Gasteiger partial charge in [0.15, 0.2) is 0 Å². The zero-order valence-electron chi connectivity index (χ0n) is 26.1. The van der Waals surface area contributed by atoms with Gasteiger partial charge in [-0.1, -0.05) is 121 Å². The van der Waals surface area contributed by atoms with Crippen molar-refractivity contribution < 1.29 is 0 Å². The third-order valence-corrected chi connectivity index (χ3v) is 10.2. The van der Waals surface area contributed by atoms with E-state index in [4.69, 9.17) is 9.97 Å². The molecule has 2 aromatic heterocycles. The van der Waals surface area contributed by atoms with Gasteiger partial charge in [0.25, 0.3) is 0 Å². The fraction of sp³-hybridized carbons (Fsp3) is 0.0222. The Kier molecular flexibility index (Phi) is 5.79. The normalized spacial score (nSPS) is 13.5. The van der Waals surface area contributed by atoms with Gasteiger partial charge in [0.1, 0.15) is 5.82 Å². The van der Waals surface area contributed by atoms with E-state index in [2.05, 4.69) is 157 Å². The minimum atomic E-state index is -0.492. The van der Waals surface area contributed by atoms with Crippen LogP contribution < -0.4 is 4.90 Å². The van der Waals surface area contributed by atoms with E-state index >= 15 is 0 Å². The topological polar surface area (TPSA) is 29.0 Å². The van der Waals surface area contributed by atoms with Crippen molar-refractivity contribution >= 4 is 28.0 Å². The summed E-state index contributed by atoms with van der Waals surface area (Å²) < 4.78 is 0. The highest BCUT2D eigenvalue weighted by atomic mass is 15.2. The molecule has 3 heterocycles. The Balaban J connectivity index is 1.35. The van der Waals surface area contributed by atoms with Crippen molar-refractivity contribution in [3.8, 4) is 33.5 Å². The van der Waals surface area contributed by atoms with Gasteiger partial charge in [-0.05, 0) is 86.8 Å². The lowest BCUT2D eigenvalue weighted by atomic mass is 9.67. The van der Waals surface area contributed by atoms with E-state index in [0.717, 1.165) is 28.5 Å². The second kappa shape index (κ2) is 10.3. The summed E-state index contributed by atoms with van der Waals surface area (Å²) in [5, 5.41) is 2.39. The Morgan fingerprint density at radius 1 is 0.417 bits per heavy atom. The zero-order valence-corrected chi connectivity index (χ0v) is 26.1. The van der Waals surface area contributed by atoms with Crippen LogP contribution >= 0.6 is 0 Å². The summed E-state index contributed by atoms with van der Waals surface area (Å²) in [5.41, 5.74) is 13.9. The van der Waals surface area contributed by atoms with Crippen LogP contribution in [-0.4, -0.2) is 9.97 Å². The molecule has 2 aliphatic rings. The van der Waals surface area contributed by atoms with E-state index in [1.807, 2.05) is 24.5 Å². The molecule has 1 aliphatic carbocycles. The summed E-state index contributed by atoms with van der Waals surface area (Å²) in [4.78, 5) is 12.0. The molecule has 0 saturated carbocycles. The zero-order chi connectivity index (χ0) is 31.7. The second-order valence-corrected chi connectivity index (χ2v) is 12.5. The fourth-order valence-electron chi connectivity index (χ4n) is 8.28. The van der Waals surface area contributed by atoms with Gasteiger partial charge in [-0.15, -0.1) is 0 Å². The number of rotatable bonds is 4. The number of anilines is 3. The summed E-state index contributed by atoms with van der Waals surface area (Å²) in [6.45, 7) is 0. The first-order valence-corrected chi connectivity index (χ1v) is 16.4. The number of benzene rings is 6. The van der Waals surface area contributed by atoms with Crippen LogP contribution in [0, 0.1) is 0 Å². The average Bonchev–Trinajstić information content (AvgIpc) is 3.46. The van der Waals surface area contributed by atoms with Crippen molar-refractivity contribution in [3.05, 3.63) is 198 Å². The quantitative estimate of drug-likeness (QED) is 0.198. The average molecular weight is 612 g/mol. The number of hydrogen-bond acceptors (Lipinski definition) is 3. The van der Waals surface area contributed by atoms with Crippen LogP contribution in [0.25, 0.3) is 44.3 Å². The summed E-state index contributed by atoms with van der Waals surface area (Å²) in [6, 6.07) is 59.3. The molecule has 3 nitrogen and oxygen atoms in total. The predicted octanol–water partition coefficient (Wildman–Crippen LogP) is 11.1. The first-order chi connectivity index (χ1) is 23.8. The van der Waals surface area contributed by atoms with Gasteiger partial charge in [-0.25, -0.2) is 4.98 Å². The molecule has 0 N–H and O–H groups in total. The lowest BCUT2D eigenvalue weighted by Crippen LogP contribution is -2.29. The van der Waals surface area contributed by atoms with Gasteiger partial charge >= 0.3 is 0 Å². The second-order valence-electron chi connectivity index (χ2n) is 12.5. The van der Waals surface area contributed by atoms with Gasteiger partial charge in [-0.3, -0.25) is 9.88 Å². The molecule has 0 radical (unpaired) electrons. The van der Waals surface area contributed by atoms with Gasteiger partial charge in [-0.2, -0.15) is 0 Å². The lowest BCUT2D eigenvalue weighted by Gasteiger charge is -2.37. The first-order valence-electron chi connectivity index (χ1n) is 16.4. The lowest BCUT2D eigenvalue weighted by molar-refractivity contribution is 0.768. The summed E-state index contributed by atoms with van der Waals surface area (Å²) >= 11 is 0. The van der Waals surface area contributed by atoms with Crippen LogP contribution in [0.2, 0.25) is 0 Å². The Hall–Kier alpha value is -6.32. The molecule has 0 spiro atoms. The summed E-state index contributed by atoms with van der Waals surface area (Å²) in [6.07, 6.45) is 3.75. The van der Waals surface area contributed by atoms with Crippen LogP contribution in [0.4, 0.5) is 17.2 Å². The van der Waals surface area contributed by atoms with Gasteiger partial charge < -0.3 is 0 Å². The Morgan fingerprint density at radius 3 is 1.83 bits per heavy atom. The molecule has 6 aromatic carbocycles. The molecule has 3 heteroatoms. The SMILES string of the molecule is c1ccc(C2(c3ccccc3)c3ccccc3-c3cc4c(cc32)N(c2ccccn2)c2ccc(-c3ccccn3)c3cccc-4c23)cc1. The van der Waals surface area contributed by atoms with Crippen LogP contribution in [0.1, 0.15) is 22.3 Å². The number of nitrogens with zero attached hydrogens (tertiary/aromatic N) is 3. The maximum absolute atomic E-state index is 4.94. The minimum absolute atomic E-state index is 0.492. The van der Waals surface area contributed by atoms with Crippen LogP contribution in [-0.2, 0) is 5.41 Å². The molecule has 1 aliphatic heterocycles. The maximum Gasteiger partial charge on any atom is 0.137 e. The van der Waals surface area contributed by atoms with Crippen molar-refractivity contribution in [1.82, 2.24) is 9.97 Å².